The van der Waals surface area contributed by atoms with Crippen LogP contribution in [0.3, 0.4) is 0 Å². The van der Waals surface area contributed by atoms with Crippen molar-refractivity contribution in [3.63, 3.8) is 0 Å². The summed E-state index contributed by atoms with van der Waals surface area (Å²) in [5, 5.41) is 41.4. The Hall–Kier alpha value is -4.94. The minimum Gasteiger partial charge on any atom is -0.439 e. The van der Waals surface area contributed by atoms with Crippen LogP contribution >= 0.6 is 23.2 Å². The molecule has 0 radical (unpaired) electrons. The lowest BCUT2D eigenvalue weighted by molar-refractivity contribution is -0.293. The number of benzene rings is 2. The SMILES string of the molecule is CCC(O)(O)Oc1cccc(-c2c3nc(c(Cl)c4ccc([nH]4)c(-c4cccc(OC(O)(O)CC)c4)c4nc(c(Cl)c5ccc2[nH]5)C=C4)C=C3)c1. The summed E-state index contributed by atoms with van der Waals surface area (Å²) in [6, 6.07) is 21.4. The van der Waals surface area contributed by atoms with Crippen LogP contribution in [0, 0.1) is 0 Å². The largest absolute Gasteiger partial charge is 0.439 e. The summed E-state index contributed by atoms with van der Waals surface area (Å²) in [4.78, 5) is 16.7. The van der Waals surface area contributed by atoms with Crippen LogP contribution in [0.1, 0.15) is 49.5 Å². The zero-order valence-electron chi connectivity index (χ0n) is 26.9. The van der Waals surface area contributed by atoms with E-state index < -0.39 is 11.9 Å². The predicted molar refractivity (Wildman–Crippen MR) is 196 cm³/mol. The minimum absolute atomic E-state index is 0.0325. The maximum Gasteiger partial charge on any atom is 0.321 e. The predicted octanol–water partition coefficient (Wildman–Crippen LogP) is 8.15. The molecule has 0 unspecified atom stereocenters. The number of halogens is 2. The molecule has 10 nitrogen and oxygen atoms in total. The Bertz CT molecular complexity index is 2190. The number of aliphatic hydroxyl groups is 4. The Labute approximate surface area is 296 Å². The molecule has 7 rings (SSSR count). The highest BCUT2D eigenvalue weighted by molar-refractivity contribution is 6.36. The first-order chi connectivity index (χ1) is 23.9. The van der Waals surface area contributed by atoms with Gasteiger partial charge in [-0.05, 0) is 84.0 Å². The lowest BCUT2D eigenvalue weighted by Crippen LogP contribution is -2.34. The summed E-state index contributed by atoms with van der Waals surface area (Å²) in [7, 11) is 0. The number of aromatic amines is 2. The van der Waals surface area contributed by atoms with Gasteiger partial charge in [-0.3, -0.25) is 0 Å². The van der Waals surface area contributed by atoms with Gasteiger partial charge in [0.15, 0.2) is 0 Å². The first kappa shape index (κ1) is 33.6. The summed E-state index contributed by atoms with van der Waals surface area (Å²) in [5.74, 6) is -4.13. The molecular formula is C38H32Cl2N4O6. The summed E-state index contributed by atoms with van der Waals surface area (Å²) in [6.07, 6.45) is 7.29. The second-order valence-corrected chi connectivity index (χ2v) is 12.6. The topological polar surface area (TPSA) is 157 Å². The smallest absolute Gasteiger partial charge is 0.321 e. The first-order valence-electron chi connectivity index (χ1n) is 15.9. The molecule has 12 heteroatoms. The Morgan fingerprint density at radius 1 is 0.560 bits per heavy atom. The zero-order chi connectivity index (χ0) is 35.2. The third kappa shape index (κ3) is 6.65. The molecule has 0 amide bonds. The molecule has 254 valence electrons. The lowest BCUT2D eigenvalue weighted by Gasteiger charge is -2.21. The summed E-state index contributed by atoms with van der Waals surface area (Å²) >= 11 is 14.0. The number of fused-ring (bicyclic) bond motifs is 8. The average Bonchev–Trinajstić information content (AvgIpc) is 3.93. The van der Waals surface area contributed by atoms with Gasteiger partial charge in [0.25, 0.3) is 0 Å². The number of hydrogen-bond acceptors (Lipinski definition) is 8. The molecule has 3 aromatic heterocycles. The fourth-order valence-electron chi connectivity index (χ4n) is 5.70. The van der Waals surface area contributed by atoms with Crippen molar-refractivity contribution in [2.45, 2.75) is 38.6 Å². The van der Waals surface area contributed by atoms with E-state index in [4.69, 9.17) is 42.6 Å². The molecule has 0 atom stereocenters. The Morgan fingerprint density at radius 3 is 1.34 bits per heavy atom. The van der Waals surface area contributed by atoms with E-state index in [2.05, 4.69) is 9.97 Å². The van der Waals surface area contributed by atoms with Crippen LogP contribution in [0.4, 0.5) is 0 Å². The molecule has 50 heavy (non-hydrogen) atoms. The van der Waals surface area contributed by atoms with Crippen molar-refractivity contribution in [1.82, 2.24) is 19.9 Å². The number of nitrogens with one attached hydrogen (secondary N) is 2. The third-order valence-electron chi connectivity index (χ3n) is 8.35. The van der Waals surface area contributed by atoms with Crippen LogP contribution in [0.5, 0.6) is 11.5 Å². The van der Waals surface area contributed by atoms with Crippen molar-refractivity contribution in [1.29, 1.82) is 0 Å². The number of hydrogen-bond donors (Lipinski definition) is 6. The molecule has 6 N–H and O–H groups in total. The Balaban J connectivity index is 1.49. The summed E-state index contributed by atoms with van der Waals surface area (Å²) in [5.41, 5.74) is 7.62. The molecule has 0 aliphatic carbocycles. The number of nitrogens with zero attached hydrogens (tertiary/aromatic N) is 2. The van der Waals surface area contributed by atoms with E-state index in [1.807, 2.05) is 60.7 Å². The normalized spacial score (nSPS) is 12.8. The number of rotatable bonds is 8. The summed E-state index contributed by atoms with van der Waals surface area (Å²) < 4.78 is 10.9. The van der Waals surface area contributed by atoms with Crippen molar-refractivity contribution in [2.24, 2.45) is 0 Å². The quantitative estimate of drug-likeness (QED) is 0.0863. The van der Waals surface area contributed by atoms with Crippen LogP contribution in [-0.2, 0) is 0 Å². The van der Waals surface area contributed by atoms with Gasteiger partial charge in [0.2, 0.25) is 0 Å². The Morgan fingerprint density at radius 2 is 0.940 bits per heavy atom. The van der Waals surface area contributed by atoms with Gasteiger partial charge >= 0.3 is 11.9 Å². The molecule has 0 saturated heterocycles. The maximum absolute atomic E-state index is 10.2. The molecule has 2 aliphatic heterocycles. The van der Waals surface area contributed by atoms with E-state index in [9.17, 15) is 20.4 Å². The first-order valence-corrected chi connectivity index (χ1v) is 16.6. The molecule has 2 aliphatic rings. The zero-order valence-corrected chi connectivity index (χ0v) is 28.4. The van der Waals surface area contributed by atoms with Gasteiger partial charge in [-0.15, -0.1) is 0 Å². The molecule has 5 aromatic rings. The van der Waals surface area contributed by atoms with Crippen LogP contribution in [0.25, 0.3) is 68.6 Å². The van der Waals surface area contributed by atoms with Gasteiger partial charge in [0.05, 0.1) is 43.9 Å². The van der Waals surface area contributed by atoms with E-state index in [0.717, 1.165) is 0 Å². The molecule has 5 heterocycles. The van der Waals surface area contributed by atoms with Crippen LogP contribution in [0.2, 0.25) is 10.0 Å². The fourth-order valence-corrected chi connectivity index (χ4v) is 6.13. The minimum atomic E-state index is -2.33. The second-order valence-electron chi connectivity index (χ2n) is 11.8. The number of aromatic nitrogens is 4. The monoisotopic (exact) mass is 710 g/mol. The average molecular weight is 712 g/mol. The highest BCUT2D eigenvalue weighted by Gasteiger charge is 2.24. The molecule has 2 aromatic carbocycles. The van der Waals surface area contributed by atoms with Crippen molar-refractivity contribution in [3.05, 3.63) is 106 Å². The standard InChI is InChI=1S/C38H32Cl2N4O6/c1-3-37(45,46)49-23-9-5-7-21(19-23)33-25-11-15-29(41-25)35(39)31-17-13-27(43-31)34(22-8-6-10-24(20-22)50-38(47,48)4-2)28-14-18-32(44-28)36(40)30-16-12-26(33)42-30/h5-20,41,44-48H,3-4H2,1-2H3. The van der Waals surface area contributed by atoms with Crippen LogP contribution in [0.15, 0.2) is 72.8 Å². The van der Waals surface area contributed by atoms with E-state index in [1.165, 1.54) is 0 Å². The number of ether oxygens (including phenoxy) is 2. The van der Waals surface area contributed by atoms with Gasteiger partial charge < -0.3 is 39.9 Å². The molecule has 8 bridgehead atoms. The fraction of sp³-hybridized carbons (Fsp3) is 0.158. The maximum atomic E-state index is 10.2. The van der Waals surface area contributed by atoms with Crippen molar-refractivity contribution < 1.29 is 29.9 Å². The van der Waals surface area contributed by atoms with Crippen LogP contribution < -0.4 is 9.47 Å². The summed E-state index contributed by atoms with van der Waals surface area (Å²) in [6.45, 7) is 3.21. The number of H-pyrrole nitrogens is 2. The third-order valence-corrected chi connectivity index (χ3v) is 9.15. The Kier molecular flexibility index (Phi) is 8.77. The van der Waals surface area contributed by atoms with Gasteiger partial charge in [-0.1, -0.05) is 61.3 Å². The highest BCUT2D eigenvalue weighted by Crippen LogP contribution is 2.37. The molecule has 0 saturated carbocycles. The van der Waals surface area contributed by atoms with E-state index >= 15 is 0 Å². The second kappa shape index (κ2) is 13.1. The molecular weight excluding hydrogens is 679 g/mol. The van der Waals surface area contributed by atoms with Crippen molar-refractivity contribution in [3.8, 4) is 33.8 Å². The van der Waals surface area contributed by atoms with Gasteiger partial charge in [0, 0.05) is 35.0 Å². The molecule has 0 fully saturated rings. The van der Waals surface area contributed by atoms with E-state index in [1.54, 1.807) is 50.2 Å². The van der Waals surface area contributed by atoms with E-state index in [0.29, 0.717) is 77.1 Å². The van der Waals surface area contributed by atoms with Gasteiger partial charge in [-0.25, -0.2) is 9.97 Å². The van der Waals surface area contributed by atoms with Crippen molar-refractivity contribution in [2.75, 3.05) is 0 Å². The van der Waals surface area contributed by atoms with Gasteiger partial charge in [0.1, 0.15) is 11.5 Å². The van der Waals surface area contributed by atoms with Crippen LogP contribution in [-0.4, -0.2) is 52.3 Å². The van der Waals surface area contributed by atoms with Crippen molar-refractivity contribution >= 4 is 69.6 Å². The lowest BCUT2D eigenvalue weighted by atomic mass is 10.0. The molecule has 0 spiro atoms. The van der Waals surface area contributed by atoms with Gasteiger partial charge in [-0.2, -0.15) is 0 Å². The van der Waals surface area contributed by atoms with E-state index in [-0.39, 0.29) is 24.3 Å². The highest BCUT2D eigenvalue weighted by atomic mass is 35.5.